The Morgan fingerprint density at radius 2 is 1.92 bits per heavy atom. The minimum atomic E-state index is -0.961. The van der Waals surface area contributed by atoms with Crippen molar-refractivity contribution in [1.29, 1.82) is 0 Å². The van der Waals surface area contributed by atoms with Crippen molar-refractivity contribution in [1.82, 2.24) is 0 Å². The van der Waals surface area contributed by atoms with Crippen LogP contribution in [0.5, 0.6) is 0 Å². The Balaban J connectivity index is 1.61. The molecule has 134 valence electrons. The van der Waals surface area contributed by atoms with Crippen LogP contribution < -0.4 is 5.32 Å². The summed E-state index contributed by atoms with van der Waals surface area (Å²) in [6, 6.07) is 9.28. The monoisotopic (exact) mass is 374 g/mol. The molecule has 0 bridgehead atoms. The second-order valence-corrected chi connectivity index (χ2v) is 6.32. The summed E-state index contributed by atoms with van der Waals surface area (Å²) >= 11 is 5.70. The number of benzene rings is 2. The molecule has 7 nitrogen and oxygen atoms in total. The first kappa shape index (κ1) is 17.9. The van der Waals surface area contributed by atoms with Gasteiger partial charge in [-0.1, -0.05) is 17.7 Å². The third-order valence-corrected chi connectivity index (χ3v) is 4.33. The molecule has 0 fully saturated rings. The first-order valence-electron chi connectivity index (χ1n) is 7.97. The number of nitrogens with zero attached hydrogens (tertiary/aromatic N) is 1. The zero-order chi connectivity index (χ0) is 18.7. The van der Waals surface area contributed by atoms with Crippen LogP contribution in [-0.4, -0.2) is 23.4 Å². The van der Waals surface area contributed by atoms with Crippen molar-refractivity contribution >= 4 is 34.9 Å². The van der Waals surface area contributed by atoms with Crippen molar-refractivity contribution in [2.75, 3.05) is 11.9 Å². The lowest BCUT2D eigenvalue weighted by molar-refractivity contribution is -0.385. The summed E-state index contributed by atoms with van der Waals surface area (Å²) in [6.45, 7) is -0.546. The largest absolute Gasteiger partial charge is 0.452 e. The molecule has 1 N–H and O–H groups in total. The molecule has 0 aliphatic heterocycles. The predicted octanol–water partition coefficient (Wildman–Crippen LogP) is 3.53. The van der Waals surface area contributed by atoms with Crippen LogP contribution in [0, 0.1) is 10.1 Å². The van der Waals surface area contributed by atoms with Gasteiger partial charge in [0.05, 0.1) is 4.92 Å². The molecule has 0 aromatic heterocycles. The molecule has 0 saturated carbocycles. The number of rotatable bonds is 5. The lowest BCUT2D eigenvalue weighted by Crippen LogP contribution is -2.21. The second-order valence-electron chi connectivity index (χ2n) is 5.88. The van der Waals surface area contributed by atoms with Crippen LogP contribution in [0.3, 0.4) is 0 Å². The predicted molar refractivity (Wildman–Crippen MR) is 95.5 cm³/mol. The normalized spacial score (nSPS) is 12.3. The van der Waals surface area contributed by atoms with E-state index < -0.39 is 29.1 Å². The van der Waals surface area contributed by atoms with Gasteiger partial charge in [-0.15, -0.1) is 0 Å². The van der Waals surface area contributed by atoms with E-state index in [1.54, 1.807) is 6.07 Å². The molecule has 26 heavy (non-hydrogen) atoms. The molecule has 0 radical (unpaired) electrons. The van der Waals surface area contributed by atoms with Gasteiger partial charge in [-0.3, -0.25) is 14.9 Å². The molecule has 0 saturated heterocycles. The summed E-state index contributed by atoms with van der Waals surface area (Å²) in [5.41, 5.74) is 2.39. The number of esters is 1. The quantitative estimate of drug-likeness (QED) is 0.490. The molecule has 0 heterocycles. The summed E-state index contributed by atoms with van der Waals surface area (Å²) in [6.07, 6.45) is 3.12. The van der Waals surface area contributed by atoms with Crippen molar-refractivity contribution in [3.05, 3.63) is 68.2 Å². The standard InChI is InChI=1S/C18H15ClN2O5/c19-13-5-7-15(16(9-13)21(24)25)18(23)26-10-17(22)20-14-6-4-11-2-1-3-12(11)8-14/h4-9H,1-3,10H2,(H,20,22). The highest BCUT2D eigenvalue weighted by atomic mass is 35.5. The zero-order valence-electron chi connectivity index (χ0n) is 13.7. The number of anilines is 1. The van der Waals surface area contributed by atoms with E-state index in [4.69, 9.17) is 16.3 Å². The molecule has 3 rings (SSSR count). The fourth-order valence-electron chi connectivity index (χ4n) is 2.88. The molecule has 2 aromatic carbocycles. The topological polar surface area (TPSA) is 98.5 Å². The third kappa shape index (κ3) is 4.00. The number of halogens is 1. The molecule has 1 aliphatic carbocycles. The van der Waals surface area contributed by atoms with Gasteiger partial charge in [-0.05, 0) is 54.7 Å². The summed E-state index contributed by atoms with van der Waals surface area (Å²) in [5, 5.41) is 13.8. The van der Waals surface area contributed by atoms with E-state index in [0.29, 0.717) is 5.69 Å². The molecular formula is C18H15ClN2O5. The Hall–Kier alpha value is -2.93. The minimum Gasteiger partial charge on any atom is -0.452 e. The van der Waals surface area contributed by atoms with E-state index >= 15 is 0 Å². The van der Waals surface area contributed by atoms with Crippen LogP contribution in [0.1, 0.15) is 27.9 Å². The van der Waals surface area contributed by atoms with E-state index in [1.165, 1.54) is 23.3 Å². The lowest BCUT2D eigenvalue weighted by atomic mass is 10.1. The van der Waals surface area contributed by atoms with E-state index in [-0.39, 0.29) is 10.6 Å². The number of aryl methyl sites for hydroxylation is 2. The Morgan fingerprint density at radius 1 is 1.15 bits per heavy atom. The van der Waals surface area contributed by atoms with Crippen LogP contribution in [0.15, 0.2) is 36.4 Å². The number of amides is 1. The molecule has 1 aliphatic rings. The Labute approximate surface area is 154 Å². The van der Waals surface area contributed by atoms with Crippen molar-refractivity contribution in [3.8, 4) is 0 Å². The molecule has 1 amide bonds. The summed E-state index contributed by atoms with van der Waals surface area (Å²) in [7, 11) is 0. The fraction of sp³-hybridized carbons (Fsp3) is 0.222. The molecular weight excluding hydrogens is 360 g/mol. The van der Waals surface area contributed by atoms with Crippen LogP contribution >= 0.6 is 11.6 Å². The van der Waals surface area contributed by atoms with E-state index in [0.717, 1.165) is 25.3 Å². The fourth-order valence-corrected chi connectivity index (χ4v) is 3.05. The first-order valence-corrected chi connectivity index (χ1v) is 8.34. The number of nitrogens with one attached hydrogen (secondary N) is 1. The summed E-state index contributed by atoms with van der Waals surface area (Å²) < 4.78 is 4.89. The average molecular weight is 375 g/mol. The second kappa shape index (κ2) is 7.53. The SMILES string of the molecule is O=C(COC(=O)c1ccc(Cl)cc1[N+](=O)[O-])Nc1ccc2c(c1)CCC2. The summed E-state index contributed by atoms with van der Waals surface area (Å²) in [5.74, 6) is -1.48. The van der Waals surface area contributed by atoms with Crippen LogP contribution in [-0.2, 0) is 22.4 Å². The number of hydrogen-bond donors (Lipinski definition) is 1. The van der Waals surface area contributed by atoms with Crippen LogP contribution in [0.25, 0.3) is 0 Å². The molecule has 8 heteroatoms. The number of carbonyl (C=O) groups excluding carboxylic acids is 2. The van der Waals surface area contributed by atoms with Crippen molar-refractivity contribution in [3.63, 3.8) is 0 Å². The molecule has 2 aromatic rings. The maximum atomic E-state index is 12.0. The smallest absolute Gasteiger partial charge is 0.345 e. The van der Waals surface area contributed by atoms with E-state index in [1.807, 2.05) is 12.1 Å². The van der Waals surface area contributed by atoms with Gasteiger partial charge in [0.15, 0.2) is 6.61 Å². The zero-order valence-corrected chi connectivity index (χ0v) is 14.4. The minimum absolute atomic E-state index is 0.127. The maximum absolute atomic E-state index is 12.0. The highest BCUT2D eigenvalue weighted by molar-refractivity contribution is 6.31. The van der Waals surface area contributed by atoms with Crippen molar-refractivity contribution < 1.29 is 19.2 Å². The highest BCUT2D eigenvalue weighted by Gasteiger charge is 2.22. The lowest BCUT2D eigenvalue weighted by Gasteiger charge is -2.08. The summed E-state index contributed by atoms with van der Waals surface area (Å²) in [4.78, 5) is 34.3. The number of hydrogen-bond acceptors (Lipinski definition) is 5. The number of nitro benzene ring substituents is 1. The van der Waals surface area contributed by atoms with Crippen LogP contribution in [0.4, 0.5) is 11.4 Å². The van der Waals surface area contributed by atoms with Gasteiger partial charge in [-0.2, -0.15) is 0 Å². The van der Waals surface area contributed by atoms with Crippen molar-refractivity contribution in [2.45, 2.75) is 19.3 Å². The molecule has 0 atom stereocenters. The Kier molecular flexibility index (Phi) is 5.18. The number of nitro groups is 1. The van der Waals surface area contributed by atoms with Gasteiger partial charge in [0, 0.05) is 16.8 Å². The maximum Gasteiger partial charge on any atom is 0.345 e. The third-order valence-electron chi connectivity index (χ3n) is 4.09. The van der Waals surface area contributed by atoms with E-state index in [9.17, 15) is 19.7 Å². The molecule has 0 unspecified atom stereocenters. The van der Waals surface area contributed by atoms with Gasteiger partial charge >= 0.3 is 5.97 Å². The Bertz CT molecular complexity index is 897. The number of ether oxygens (including phenoxy) is 1. The average Bonchev–Trinajstić information content (AvgIpc) is 3.07. The van der Waals surface area contributed by atoms with Crippen molar-refractivity contribution in [2.24, 2.45) is 0 Å². The number of fused-ring (bicyclic) bond motifs is 1. The first-order chi connectivity index (χ1) is 12.4. The number of carbonyl (C=O) groups is 2. The van der Waals surface area contributed by atoms with Gasteiger partial charge in [-0.25, -0.2) is 4.79 Å². The van der Waals surface area contributed by atoms with Gasteiger partial charge in [0.2, 0.25) is 0 Å². The van der Waals surface area contributed by atoms with Gasteiger partial charge < -0.3 is 10.1 Å². The van der Waals surface area contributed by atoms with Gasteiger partial charge in [0.1, 0.15) is 5.56 Å². The van der Waals surface area contributed by atoms with E-state index in [2.05, 4.69) is 5.32 Å². The van der Waals surface area contributed by atoms with Gasteiger partial charge in [0.25, 0.3) is 11.6 Å². The van der Waals surface area contributed by atoms with Crippen LogP contribution in [0.2, 0.25) is 5.02 Å². The highest BCUT2D eigenvalue weighted by Crippen LogP contribution is 2.25. The Morgan fingerprint density at radius 3 is 2.69 bits per heavy atom. The molecule has 0 spiro atoms.